The molecule has 1 fully saturated rings. The van der Waals surface area contributed by atoms with E-state index in [9.17, 15) is 14.7 Å². The van der Waals surface area contributed by atoms with Gasteiger partial charge in [0.1, 0.15) is 0 Å². The van der Waals surface area contributed by atoms with Crippen LogP contribution in [0, 0.1) is 11.8 Å². The molecule has 1 rings (SSSR count). The van der Waals surface area contributed by atoms with Crippen LogP contribution in [0.1, 0.15) is 59.3 Å². The number of urea groups is 1. The highest BCUT2D eigenvalue weighted by Crippen LogP contribution is 2.24. The molecule has 0 aromatic rings. The van der Waals surface area contributed by atoms with Gasteiger partial charge >= 0.3 is 12.0 Å². The normalized spacial score (nSPS) is 24.2. The van der Waals surface area contributed by atoms with E-state index in [1.165, 1.54) is 0 Å². The molecule has 1 aliphatic rings. The Kier molecular flexibility index (Phi) is 6.82. The lowest BCUT2D eigenvalue weighted by molar-refractivity contribution is -0.143. The zero-order valence-corrected chi connectivity index (χ0v) is 12.8. The number of aliphatic carboxylic acids is 1. The second kappa shape index (κ2) is 8.12. The van der Waals surface area contributed by atoms with Crippen LogP contribution in [0.2, 0.25) is 0 Å². The molecule has 0 aromatic heterocycles. The summed E-state index contributed by atoms with van der Waals surface area (Å²) in [5, 5.41) is 15.0. The summed E-state index contributed by atoms with van der Waals surface area (Å²) < 4.78 is 0. The maximum absolute atomic E-state index is 12.0. The van der Waals surface area contributed by atoms with Crippen LogP contribution in [-0.4, -0.2) is 29.2 Å². The van der Waals surface area contributed by atoms with Crippen LogP contribution in [0.25, 0.3) is 0 Å². The van der Waals surface area contributed by atoms with Crippen LogP contribution >= 0.6 is 0 Å². The Bertz CT molecular complexity index is 329. The van der Waals surface area contributed by atoms with E-state index >= 15 is 0 Å². The average molecular weight is 284 g/mol. The van der Waals surface area contributed by atoms with E-state index in [1.807, 2.05) is 6.92 Å². The van der Waals surface area contributed by atoms with Crippen molar-refractivity contribution < 1.29 is 14.7 Å². The minimum Gasteiger partial charge on any atom is -0.481 e. The maximum Gasteiger partial charge on any atom is 0.315 e. The molecule has 0 aliphatic heterocycles. The SMILES string of the molecule is CCC(CC)C(C)NC(=O)NC1CCCCC1C(=O)O. The fraction of sp³-hybridized carbons (Fsp3) is 0.867. The van der Waals surface area contributed by atoms with Crippen LogP contribution in [0.3, 0.4) is 0 Å². The van der Waals surface area contributed by atoms with Crippen molar-refractivity contribution in [3.8, 4) is 0 Å². The standard InChI is InChI=1S/C15H28N2O3/c1-4-11(5-2)10(3)16-15(20)17-13-9-7-6-8-12(13)14(18)19/h10-13H,4-9H2,1-3H3,(H,18,19)(H2,16,17,20). The van der Waals surface area contributed by atoms with Gasteiger partial charge in [0.25, 0.3) is 0 Å². The molecule has 0 aromatic carbocycles. The zero-order chi connectivity index (χ0) is 15.1. The summed E-state index contributed by atoms with van der Waals surface area (Å²) in [6.07, 6.45) is 5.38. The van der Waals surface area contributed by atoms with Crippen molar-refractivity contribution in [2.45, 2.75) is 71.4 Å². The third-order valence-electron chi connectivity index (χ3n) is 4.51. The monoisotopic (exact) mass is 284 g/mol. The van der Waals surface area contributed by atoms with Gasteiger partial charge in [-0.3, -0.25) is 4.79 Å². The summed E-state index contributed by atoms with van der Waals surface area (Å²) in [5.41, 5.74) is 0. The van der Waals surface area contributed by atoms with Crippen molar-refractivity contribution in [1.82, 2.24) is 10.6 Å². The van der Waals surface area contributed by atoms with Crippen LogP contribution in [-0.2, 0) is 4.79 Å². The Morgan fingerprint density at radius 3 is 2.35 bits per heavy atom. The Labute approximate surface area is 121 Å². The summed E-state index contributed by atoms with van der Waals surface area (Å²) >= 11 is 0. The number of carboxylic acid groups (broad SMARTS) is 1. The molecule has 3 unspecified atom stereocenters. The Hall–Kier alpha value is -1.26. The van der Waals surface area contributed by atoms with E-state index in [2.05, 4.69) is 24.5 Å². The van der Waals surface area contributed by atoms with Gasteiger partial charge < -0.3 is 15.7 Å². The number of hydrogen-bond acceptors (Lipinski definition) is 2. The van der Waals surface area contributed by atoms with E-state index in [0.29, 0.717) is 12.3 Å². The second-order valence-electron chi connectivity index (χ2n) is 5.82. The summed E-state index contributed by atoms with van der Waals surface area (Å²) in [6.45, 7) is 6.24. The number of carboxylic acids is 1. The van der Waals surface area contributed by atoms with Gasteiger partial charge in [-0.25, -0.2) is 4.79 Å². The molecule has 0 heterocycles. The lowest BCUT2D eigenvalue weighted by atomic mass is 9.84. The predicted molar refractivity (Wildman–Crippen MR) is 78.6 cm³/mol. The molecule has 2 amide bonds. The highest BCUT2D eigenvalue weighted by Gasteiger charge is 2.32. The van der Waals surface area contributed by atoms with Gasteiger partial charge in [0, 0.05) is 12.1 Å². The first-order valence-corrected chi connectivity index (χ1v) is 7.79. The van der Waals surface area contributed by atoms with Crippen molar-refractivity contribution in [3.05, 3.63) is 0 Å². The van der Waals surface area contributed by atoms with Crippen molar-refractivity contribution in [2.24, 2.45) is 11.8 Å². The fourth-order valence-electron chi connectivity index (χ4n) is 3.13. The molecule has 3 N–H and O–H groups in total. The molecular formula is C15H28N2O3. The van der Waals surface area contributed by atoms with E-state index in [-0.39, 0.29) is 18.1 Å². The molecule has 1 aliphatic carbocycles. The van der Waals surface area contributed by atoms with E-state index in [1.54, 1.807) is 0 Å². The maximum atomic E-state index is 12.0. The minimum atomic E-state index is -0.803. The number of amides is 2. The lowest BCUT2D eigenvalue weighted by Gasteiger charge is -2.30. The molecular weight excluding hydrogens is 256 g/mol. The molecule has 1 saturated carbocycles. The van der Waals surface area contributed by atoms with Crippen molar-refractivity contribution in [1.29, 1.82) is 0 Å². The summed E-state index contributed by atoms with van der Waals surface area (Å²) in [6, 6.07) is -0.366. The van der Waals surface area contributed by atoms with Gasteiger partial charge in [-0.05, 0) is 25.7 Å². The molecule has 0 radical (unpaired) electrons. The number of nitrogens with one attached hydrogen (secondary N) is 2. The lowest BCUT2D eigenvalue weighted by Crippen LogP contribution is -2.51. The Morgan fingerprint density at radius 1 is 1.20 bits per heavy atom. The average Bonchev–Trinajstić information content (AvgIpc) is 2.40. The number of carbonyl (C=O) groups is 2. The van der Waals surface area contributed by atoms with Gasteiger partial charge in [0.15, 0.2) is 0 Å². The third-order valence-corrected chi connectivity index (χ3v) is 4.51. The van der Waals surface area contributed by atoms with Crippen molar-refractivity contribution >= 4 is 12.0 Å². The molecule has 0 spiro atoms. The fourth-order valence-corrected chi connectivity index (χ4v) is 3.13. The predicted octanol–water partition coefficient (Wildman–Crippen LogP) is 2.75. The molecule has 20 heavy (non-hydrogen) atoms. The third kappa shape index (κ3) is 4.69. The van der Waals surface area contributed by atoms with Gasteiger partial charge in [-0.15, -0.1) is 0 Å². The molecule has 116 valence electrons. The van der Waals surface area contributed by atoms with Crippen LogP contribution < -0.4 is 10.6 Å². The van der Waals surface area contributed by atoms with Gasteiger partial charge in [-0.2, -0.15) is 0 Å². The largest absolute Gasteiger partial charge is 0.481 e. The summed E-state index contributed by atoms with van der Waals surface area (Å²) in [7, 11) is 0. The zero-order valence-electron chi connectivity index (χ0n) is 12.8. The Morgan fingerprint density at radius 2 is 1.80 bits per heavy atom. The molecule has 0 saturated heterocycles. The van der Waals surface area contributed by atoms with Crippen LogP contribution in [0.5, 0.6) is 0 Å². The topological polar surface area (TPSA) is 78.4 Å². The molecule has 5 nitrogen and oxygen atoms in total. The highest BCUT2D eigenvalue weighted by molar-refractivity contribution is 5.77. The molecule has 5 heteroatoms. The number of carbonyl (C=O) groups excluding carboxylic acids is 1. The van der Waals surface area contributed by atoms with Crippen molar-refractivity contribution in [2.75, 3.05) is 0 Å². The summed E-state index contributed by atoms with van der Waals surface area (Å²) in [4.78, 5) is 23.2. The smallest absolute Gasteiger partial charge is 0.315 e. The van der Waals surface area contributed by atoms with Crippen LogP contribution in [0.15, 0.2) is 0 Å². The minimum absolute atomic E-state index is 0.108. The first-order chi connectivity index (χ1) is 9.49. The summed E-state index contributed by atoms with van der Waals surface area (Å²) in [5.74, 6) is -0.789. The van der Waals surface area contributed by atoms with Crippen LogP contribution in [0.4, 0.5) is 4.79 Å². The molecule has 3 atom stereocenters. The first kappa shape index (κ1) is 16.8. The quantitative estimate of drug-likeness (QED) is 0.701. The Balaban J connectivity index is 2.49. The first-order valence-electron chi connectivity index (χ1n) is 7.79. The van der Waals surface area contributed by atoms with E-state index in [4.69, 9.17) is 0 Å². The second-order valence-corrected chi connectivity index (χ2v) is 5.82. The number of rotatable bonds is 6. The van der Waals surface area contributed by atoms with E-state index in [0.717, 1.165) is 32.1 Å². The number of hydrogen-bond donors (Lipinski definition) is 3. The van der Waals surface area contributed by atoms with E-state index < -0.39 is 11.9 Å². The molecule has 0 bridgehead atoms. The van der Waals surface area contributed by atoms with Gasteiger partial charge in [0.05, 0.1) is 5.92 Å². The van der Waals surface area contributed by atoms with Gasteiger partial charge in [0.2, 0.25) is 0 Å². The highest BCUT2D eigenvalue weighted by atomic mass is 16.4. The van der Waals surface area contributed by atoms with Gasteiger partial charge in [-0.1, -0.05) is 39.5 Å². The van der Waals surface area contributed by atoms with Crippen molar-refractivity contribution in [3.63, 3.8) is 0 Å².